The molecule has 0 aliphatic heterocycles. The van der Waals surface area contributed by atoms with Crippen LogP contribution in [0.5, 0.6) is 0 Å². The molecule has 0 unspecified atom stereocenters. The number of halogens is 2. The van der Waals surface area contributed by atoms with Crippen LogP contribution in [-0.2, 0) is 0 Å². The second-order valence-corrected chi connectivity index (χ2v) is 3.95. The van der Waals surface area contributed by atoms with Crippen LogP contribution in [0.2, 0.25) is 0 Å². The van der Waals surface area contributed by atoms with E-state index in [-0.39, 0.29) is 5.69 Å². The lowest BCUT2D eigenvalue weighted by molar-refractivity contribution is -0.385. The van der Waals surface area contributed by atoms with Gasteiger partial charge in [0.25, 0.3) is 5.69 Å². The van der Waals surface area contributed by atoms with E-state index in [0.717, 1.165) is 3.57 Å². The van der Waals surface area contributed by atoms with Crippen molar-refractivity contribution in [3.63, 3.8) is 0 Å². The maximum atomic E-state index is 10.3. The fourth-order valence-electron chi connectivity index (χ4n) is 0.626. The third-order valence-corrected chi connectivity index (χ3v) is 2.45. The second kappa shape index (κ2) is 3.48. The van der Waals surface area contributed by atoms with Gasteiger partial charge in [-0.1, -0.05) is 0 Å². The molecule has 5 heteroatoms. The fraction of sp³-hybridized carbons (Fsp3) is 0. The van der Waals surface area contributed by atoms with Crippen LogP contribution in [0, 0.1) is 13.7 Å². The van der Waals surface area contributed by atoms with Crippen LogP contribution in [0.3, 0.4) is 0 Å². The largest absolute Gasteiger partial charge is 0.284 e. The third-order valence-electron chi connectivity index (χ3n) is 1.10. The number of hydrogen-bond acceptors (Lipinski definition) is 2. The lowest BCUT2D eigenvalue weighted by Gasteiger charge is -1.94. The first-order valence-electron chi connectivity index (χ1n) is 2.70. The normalized spacial score (nSPS) is 9.64. The van der Waals surface area contributed by atoms with Crippen molar-refractivity contribution in [1.82, 2.24) is 0 Å². The minimum Gasteiger partial charge on any atom is -0.258 e. The zero-order valence-electron chi connectivity index (χ0n) is 5.25. The molecular formula is C6H3BrINO2. The quantitative estimate of drug-likeness (QED) is 0.452. The van der Waals surface area contributed by atoms with Crippen molar-refractivity contribution in [3.05, 3.63) is 36.4 Å². The predicted octanol–water partition coefficient (Wildman–Crippen LogP) is 2.96. The maximum absolute atomic E-state index is 10.3. The molecule has 0 atom stereocenters. The topological polar surface area (TPSA) is 43.1 Å². The van der Waals surface area contributed by atoms with Gasteiger partial charge in [-0.3, -0.25) is 10.1 Å². The van der Waals surface area contributed by atoms with E-state index in [1.165, 1.54) is 6.07 Å². The lowest BCUT2D eigenvalue weighted by atomic mass is 10.3. The highest BCUT2D eigenvalue weighted by molar-refractivity contribution is 14.1. The van der Waals surface area contributed by atoms with E-state index >= 15 is 0 Å². The summed E-state index contributed by atoms with van der Waals surface area (Å²) in [6.07, 6.45) is 0. The number of rotatable bonds is 1. The van der Waals surface area contributed by atoms with Gasteiger partial charge >= 0.3 is 0 Å². The van der Waals surface area contributed by atoms with E-state index in [4.69, 9.17) is 0 Å². The molecule has 0 fully saturated rings. The van der Waals surface area contributed by atoms with Gasteiger partial charge < -0.3 is 0 Å². The molecule has 1 rings (SSSR count). The molecule has 3 nitrogen and oxygen atoms in total. The SMILES string of the molecule is O=[N+]([O-])c1cc(I)ccc1Br. The van der Waals surface area contributed by atoms with Gasteiger partial charge in [0.2, 0.25) is 0 Å². The van der Waals surface area contributed by atoms with Gasteiger partial charge in [-0.25, -0.2) is 0 Å². The molecule has 1 aromatic carbocycles. The van der Waals surface area contributed by atoms with Gasteiger partial charge in [0, 0.05) is 9.64 Å². The minimum atomic E-state index is -0.410. The summed E-state index contributed by atoms with van der Waals surface area (Å²) < 4.78 is 1.38. The standard InChI is InChI=1S/C6H3BrINO2/c7-5-2-1-4(8)3-6(5)9(10)11/h1-3H. The van der Waals surface area contributed by atoms with E-state index in [1.54, 1.807) is 12.1 Å². The van der Waals surface area contributed by atoms with Crippen molar-refractivity contribution in [2.24, 2.45) is 0 Å². The molecule has 0 amide bonds. The predicted molar refractivity (Wildman–Crippen MR) is 53.5 cm³/mol. The monoisotopic (exact) mass is 327 g/mol. The molecule has 0 saturated heterocycles. The van der Waals surface area contributed by atoms with Crippen LogP contribution in [-0.4, -0.2) is 4.92 Å². The first-order valence-corrected chi connectivity index (χ1v) is 4.58. The average Bonchev–Trinajstić information content (AvgIpc) is 1.94. The summed E-state index contributed by atoms with van der Waals surface area (Å²) in [5, 5.41) is 10.3. The van der Waals surface area contributed by atoms with Crippen LogP contribution in [0.15, 0.2) is 22.7 Å². The summed E-state index contributed by atoms with van der Waals surface area (Å²) in [7, 11) is 0. The smallest absolute Gasteiger partial charge is 0.258 e. The molecule has 0 spiro atoms. The maximum Gasteiger partial charge on any atom is 0.284 e. The summed E-state index contributed by atoms with van der Waals surface area (Å²) in [5.41, 5.74) is 0.108. The average molecular weight is 328 g/mol. The molecular weight excluding hydrogens is 325 g/mol. The van der Waals surface area contributed by atoms with Gasteiger partial charge in [-0.05, 0) is 50.7 Å². The number of hydrogen-bond donors (Lipinski definition) is 0. The van der Waals surface area contributed by atoms with E-state index in [1.807, 2.05) is 22.6 Å². The Labute approximate surface area is 85.2 Å². The van der Waals surface area contributed by atoms with Crippen LogP contribution >= 0.6 is 38.5 Å². The van der Waals surface area contributed by atoms with Gasteiger partial charge in [0.15, 0.2) is 0 Å². The van der Waals surface area contributed by atoms with Crippen LogP contribution < -0.4 is 0 Å². The molecule has 0 N–H and O–H groups in total. The Morgan fingerprint density at radius 2 is 2.18 bits per heavy atom. The van der Waals surface area contributed by atoms with E-state index in [9.17, 15) is 10.1 Å². The zero-order chi connectivity index (χ0) is 8.43. The molecule has 0 saturated carbocycles. The molecule has 58 valence electrons. The fourth-order valence-corrected chi connectivity index (χ4v) is 1.49. The van der Waals surface area contributed by atoms with Crippen molar-refractivity contribution in [2.75, 3.05) is 0 Å². The highest BCUT2D eigenvalue weighted by Crippen LogP contribution is 2.25. The second-order valence-electron chi connectivity index (χ2n) is 1.85. The number of nitro groups is 1. The molecule has 1 aromatic rings. The van der Waals surface area contributed by atoms with Crippen LogP contribution in [0.25, 0.3) is 0 Å². The molecule has 0 bridgehead atoms. The zero-order valence-corrected chi connectivity index (χ0v) is 9.00. The van der Waals surface area contributed by atoms with Crippen molar-refractivity contribution in [2.45, 2.75) is 0 Å². The van der Waals surface area contributed by atoms with E-state index in [0.29, 0.717) is 4.47 Å². The number of nitrogens with zero attached hydrogens (tertiary/aromatic N) is 1. The molecule has 0 aliphatic rings. The van der Waals surface area contributed by atoms with Crippen molar-refractivity contribution in [1.29, 1.82) is 0 Å². The highest BCUT2D eigenvalue weighted by Gasteiger charge is 2.10. The highest BCUT2D eigenvalue weighted by atomic mass is 127. The summed E-state index contributed by atoms with van der Waals surface area (Å²) in [5.74, 6) is 0. The van der Waals surface area contributed by atoms with E-state index in [2.05, 4.69) is 15.9 Å². The minimum absolute atomic E-state index is 0.108. The van der Waals surface area contributed by atoms with Gasteiger partial charge in [-0.2, -0.15) is 0 Å². The van der Waals surface area contributed by atoms with Crippen molar-refractivity contribution < 1.29 is 4.92 Å². The molecule has 0 aliphatic carbocycles. The summed E-state index contributed by atoms with van der Waals surface area (Å²) in [6.45, 7) is 0. The first kappa shape index (κ1) is 8.92. The Kier molecular flexibility index (Phi) is 2.83. The van der Waals surface area contributed by atoms with Crippen molar-refractivity contribution in [3.8, 4) is 0 Å². The Morgan fingerprint density at radius 1 is 1.55 bits per heavy atom. The van der Waals surface area contributed by atoms with Gasteiger partial charge in [0.05, 0.1) is 9.40 Å². The summed E-state index contributed by atoms with van der Waals surface area (Å²) in [4.78, 5) is 9.94. The molecule has 11 heavy (non-hydrogen) atoms. The number of benzene rings is 1. The first-order chi connectivity index (χ1) is 5.11. The number of nitro benzene ring substituents is 1. The summed E-state index contributed by atoms with van der Waals surface area (Å²) >= 11 is 5.12. The van der Waals surface area contributed by atoms with Crippen molar-refractivity contribution >= 4 is 44.2 Å². The van der Waals surface area contributed by atoms with Crippen LogP contribution in [0.1, 0.15) is 0 Å². The van der Waals surface area contributed by atoms with Gasteiger partial charge in [-0.15, -0.1) is 0 Å². The Balaban J connectivity index is 3.23. The van der Waals surface area contributed by atoms with E-state index < -0.39 is 4.92 Å². The molecule has 0 radical (unpaired) electrons. The summed E-state index contributed by atoms with van der Waals surface area (Å²) in [6, 6.07) is 4.99. The lowest BCUT2D eigenvalue weighted by Crippen LogP contribution is -1.89. The Hall–Kier alpha value is -0.170. The van der Waals surface area contributed by atoms with Crippen LogP contribution in [0.4, 0.5) is 5.69 Å². The third kappa shape index (κ3) is 2.13. The van der Waals surface area contributed by atoms with Gasteiger partial charge in [0.1, 0.15) is 0 Å². The Morgan fingerprint density at radius 3 is 2.64 bits per heavy atom. The molecule has 0 heterocycles. The molecule has 0 aromatic heterocycles. The Bertz CT molecular complexity index is 303.